The lowest BCUT2D eigenvalue weighted by Crippen LogP contribution is -2.09. The molecule has 0 fully saturated rings. The largest absolute Gasteiger partial charge is 0.469 e. The number of allylic oxidation sites excluding steroid dienone is 1. The maximum Gasteiger partial charge on any atom is 0.310 e. The topological polar surface area (TPSA) is 43.4 Å². The van der Waals surface area contributed by atoms with Gasteiger partial charge in [0.1, 0.15) is 0 Å². The molecule has 0 heterocycles. The van der Waals surface area contributed by atoms with Gasteiger partial charge >= 0.3 is 5.97 Å². The fraction of sp³-hybridized carbons (Fsp3) is 0.231. The summed E-state index contributed by atoms with van der Waals surface area (Å²) in [5.74, 6) is -0.536. The number of ketones is 1. The zero-order valence-corrected chi connectivity index (χ0v) is 9.40. The smallest absolute Gasteiger partial charge is 0.310 e. The number of esters is 1. The number of carbonyl (C=O) groups excluding carboxylic acids is 2. The maximum atomic E-state index is 12.0. The fourth-order valence-corrected chi connectivity index (χ4v) is 1.32. The average Bonchev–Trinajstić information content (AvgIpc) is 2.35. The predicted octanol–water partition coefficient (Wildman–Crippen LogP) is 2.38. The fourth-order valence-electron chi connectivity index (χ4n) is 1.32. The first-order chi connectivity index (χ1) is 7.69. The van der Waals surface area contributed by atoms with Gasteiger partial charge in [-0.2, -0.15) is 0 Å². The summed E-state index contributed by atoms with van der Waals surface area (Å²) in [6.45, 7) is 1.74. The Morgan fingerprint density at radius 2 is 1.88 bits per heavy atom. The molecule has 0 aliphatic heterocycles. The van der Waals surface area contributed by atoms with Crippen molar-refractivity contribution in [2.75, 3.05) is 7.11 Å². The lowest BCUT2D eigenvalue weighted by Gasteiger charge is -2.04. The van der Waals surface area contributed by atoms with Gasteiger partial charge in [-0.1, -0.05) is 36.4 Å². The van der Waals surface area contributed by atoms with Crippen molar-refractivity contribution in [3.05, 3.63) is 47.5 Å². The van der Waals surface area contributed by atoms with Crippen molar-refractivity contribution in [1.29, 1.82) is 0 Å². The van der Waals surface area contributed by atoms with E-state index in [0.717, 1.165) is 0 Å². The summed E-state index contributed by atoms with van der Waals surface area (Å²) < 4.78 is 4.54. The molecule has 3 heteroatoms. The summed E-state index contributed by atoms with van der Waals surface area (Å²) in [6, 6.07) is 8.87. The molecule has 1 aromatic carbocycles. The molecule has 3 nitrogen and oxygen atoms in total. The molecule has 84 valence electrons. The Balaban J connectivity index is 2.83. The molecule has 0 unspecified atom stereocenters. The van der Waals surface area contributed by atoms with Crippen molar-refractivity contribution < 1.29 is 14.3 Å². The van der Waals surface area contributed by atoms with Gasteiger partial charge in [-0.05, 0) is 6.92 Å². The number of Topliss-reactive ketones (excluding diaryl/α,β-unsaturated/α-hetero) is 1. The van der Waals surface area contributed by atoms with Gasteiger partial charge in [0.2, 0.25) is 0 Å². The van der Waals surface area contributed by atoms with Crippen molar-refractivity contribution in [2.45, 2.75) is 13.3 Å². The summed E-state index contributed by atoms with van der Waals surface area (Å²) in [6.07, 6.45) is 1.66. The van der Waals surface area contributed by atoms with Crippen LogP contribution in [0.1, 0.15) is 23.7 Å². The highest BCUT2D eigenvalue weighted by Crippen LogP contribution is 2.12. The van der Waals surface area contributed by atoms with Crippen molar-refractivity contribution in [3.8, 4) is 0 Å². The van der Waals surface area contributed by atoms with E-state index in [4.69, 9.17) is 0 Å². The third-order valence-electron chi connectivity index (χ3n) is 2.24. The van der Waals surface area contributed by atoms with Gasteiger partial charge in [0.15, 0.2) is 5.78 Å². The van der Waals surface area contributed by atoms with E-state index < -0.39 is 5.97 Å². The van der Waals surface area contributed by atoms with Crippen LogP contribution in [0.15, 0.2) is 42.0 Å². The third-order valence-corrected chi connectivity index (χ3v) is 2.24. The molecule has 0 saturated carbocycles. The molecule has 0 aliphatic carbocycles. The number of hydrogen-bond donors (Lipinski definition) is 0. The average molecular weight is 218 g/mol. The van der Waals surface area contributed by atoms with Crippen LogP contribution in [-0.2, 0) is 9.53 Å². The Bertz CT molecular complexity index is 404. The molecule has 1 rings (SSSR count). The van der Waals surface area contributed by atoms with Gasteiger partial charge in [-0.3, -0.25) is 9.59 Å². The van der Waals surface area contributed by atoms with Crippen LogP contribution in [0, 0.1) is 0 Å². The zero-order chi connectivity index (χ0) is 12.0. The standard InChI is InChI=1S/C13H14O3/c1-3-10(9-12(14)16-2)13(15)11-7-5-4-6-8-11/h3-8H,9H2,1-2H3. The molecule has 0 radical (unpaired) electrons. The lowest BCUT2D eigenvalue weighted by molar-refractivity contribution is -0.139. The third kappa shape index (κ3) is 3.05. The van der Waals surface area contributed by atoms with Crippen LogP contribution >= 0.6 is 0 Å². The van der Waals surface area contributed by atoms with Crippen LogP contribution < -0.4 is 0 Å². The quantitative estimate of drug-likeness (QED) is 0.442. The van der Waals surface area contributed by atoms with Crippen LogP contribution in [0.2, 0.25) is 0 Å². The minimum Gasteiger partial charge on any atom is -0.469 e. The van der Waals surface area contributed by atoms with Gasteiger partial charge in [-0.25, -0.2) is 0 Å². The van der Waals surface area contributed by atoms with Gasteiger partial charge in [0.05, 0.1) is 13.5 Å². The van der Waals surface area contributed by atoms with E-state index in [2.05, 4.69) is 4.74 Å². The number of ether oxygens (including phenoxy) is 1. The molecular formula is C13H14O3. The lowest BCUT2D eigenvalue weighted by atomic mass is 10.0. The van der Waals surface area contributed by atoms with Crippen LogP contribution in [-0.4, -0.2) is 18.9 Å². The SMILES string of the molecule is CC=C(CC(=O)OC)C(=O)c1ccccc1. The van der Waals surface area contributed by atoms with Crippen LogP contribution in [0.25, 0.3) is 0 Å². The highest BCUT2D eigenvalue weighted by atomic mass is 16.5. The highest BCUT2D eigenvalue weighted by molar-refractivity contribution is 6.10. The minimum absolute atomic E-state index is 0.0146. The van der Waals surface area contributed by atoms with Gasteiger partial charge in [-0.15, -0.1) is 0 Å². The van der Waals surface area contributed by atoms with Crippen LogP contribution in [0.4, 0.5) is 0 Å². The molecule has 0 spiro atoms. The number of benzene rings is 1. The minimum atomic E-state index is -0.405. The Kier molecular flexibility index (Phi) is 4.45. The van der Waals surface area contributed by atoms with E-state index in [-0.39, 0.29) is 12.2 Å². The van der Waals surface area contributed by atoms with Crippen LogP contribution in [0.5, 0.6) is 0 Å². The zero-order valence-electron chi connectivity index (χ0n) is 9.40. The molecule has 0 aromatic heterocycles. The Labute approximate surface area is 94.7 Å². The Hall–Kier alpha value is -1.90. The first-order valence-corrected chi connectivity index (χ1v) is 5.00. The normalized spacial score (nSPS) is 11.0. The number of rotatable bonds is 4. The summed E-state index contributed by atoms with van der Waals surface area (Å²) in [7, 11) is 1.31. The molecule has 0 amide bonds. The van der Waals surface area contributed by atoms with E-state index >= 15 is 0 Å². The van der Waals surface area contributed by atoms with Crippen molar-refractivity contribution in [1.82, 2.24) is 0 Å². The second-order valence-corrected chi connectivity index (χ2v) is 3.26. The Morgan fingerprint density at radius 3 is 2.38 bits per heavy atom. The first-order valence-electron chi connectivity index (χ1n) is 5.00. The van der Waals surface area contributed by atoms with Gasteiger partial charge in [0, 0.05) is 11.1 Å². The predicted molar refractivity (Wildman–Crippen MR) is 61.2 cm³/mol. The number of hydrogen-bond acceptors (Lipinski definition) is 3. The molecule has 0 bridgehead atoms. The molecule has 16 heavy (non-hydrogen) atoms. The van der Waals surface area contributed by atoms with E-state index in [9.17, 15) is 9.59 Å². The summed E-state index contributed by atoms with van der Waals surface area (Å²) >= 11 is 0. The van der Waals surface area contributed by atoms with E-state index in [1.807, 2.05) is 6.07 Å². The molecule has 0 aliphatic rings. The summed E-state index contributed by atoms with van der Waals surface area (Å²) in [5.41, 5.74) is 1.04. The highest BCUT2D eigenvalue weighted by Gasteiger charge is 2.14. The van der Waals surface area contributed by atoms with E-state index in [1.54, 1.807) is 37.3 Å². The van der Waals surface area contributed by atoms with E-state index in [0.29, 0.717) is 11.1 Å². The number of methoxy groups -OCH3 is 1. The van der Waals surface area contributed by atoms with E-state index in [1.165, 1.54) is 7.11 Å². The first kappa shape index (κ1) is 12.2. The summed E-state index contributed by atoms with van der Waals surface area (Å²) in [5, 5.41) is 0. The van der Waals surface area contributed by atoms with Crippen LogP contribution in [0.3, 0.4) is 0 Å². The molecule has 0 N–H and O–H groups in total. The second-order valence-electron chi connectivity index (χ2n) is 3.26. The number of carbonyl (C=O) groups is 2. The van der Waals surface area contributed by atoms with Crippen molar-refractivity contribution in [2.24, 2.45) is 0 Å². The second kappa shape index (κ2) is 5.85. The van der Waals surface area contributed by atoms with Crippen molar-refractivity contribution in [3.63, 3.8) is 0 Å². The molecule has 0 atom stereocenters. The Morgan fingerprint density at radius 1 is 1.25 bits per heavy atom. The summed E-state index contributed by atoms with van der Waals surface area (Å²) in [4.78, 5) is 23.1. The maximum absolute atomic E-state index is 12.0. The van der Waals surface area contributed by atoms with Crippen molar-refractivity contribution >= 4 is 11.8 Å². The monoisotopic (exact) mass is 218 g/mol. The van der Waals surface area contributed by atoms with Gasteiger partial charge in [0.25, 0.3) is 0 Å². The molecular weight excluding hydrogens is 204 g/mol. The molecule has 1 aromatic rings. The van der Waals surface area contributed by atoms with Gasteiger partial charge < -0.3 is 4.74 Å². The molecule has 0 saturated heterocycles.